The number of hydrogen-bond acceptors (Lipinski definition) is 5. The van der Waals surface area contributed by atoms with Gasteiger partial charge < -0.3 is 15.7 Å². The molecule has 0 aromatic heterocycles. The Hall–Kier alpha value is -2.86. The number of hydrogen-bond donors (Lipinski definition) is 2. The minimum Gasteiger partial charge on any atom is -0.507 e. The van der Waals surface area contributed by atoms with Gasteiger partial charge in [0, 0.05) is 37.4 Å². The van der Waals surface area contributed by atoms with Crippen molar-refractivity contribution in [3.05, 3.63) is 59.7 Å². The Morgan fingerprint density at radius 1 is 1.00 bits per heavy atom. The van der Waals surface area contributed by atoms with Gasteiger partial charge in [0.1, 0.15) is 5.75 Å². The Bertz CT molecular complexity index is 769. The quantitative estimate of drug-likeness (QED) is 0.806. The molecule has 0 spiro atoms. The number of nitrogens with two attached hydrogens (primary N) is 1. The van der Waals surface area contributed by atoms with Crippen LogP contribution in [0.15, 0.2) is 48.5 Å². The Kier molecular flexibility index (Phi) is 5.00. The van der Waals surface area contributed by atoms with E-state index < -0.39 is 5.91 Å². The van der Waals surface area contributed by atoms with Crippen molar-refractivity contribution in [2.75, 3.05) is 37.6 Å². The first kappa shape index (κ1) is 17.0. The molecule has 0 bridgehead atoms. The van der Waals surface area contributed by atoms with Crippen LogP contribution in [-0.2, 0) is 0 Å². The van der Waals surface area contributed by atoms with E-state index in [2.05, 4.69) is 21.9 Å². The second-order valence-corrected chi connectivity index (χ2v) is 6.12. The smallest absolute Gasteiger partial charge is 0.252 e. The van der Waals surface area contributed by atoms with Gasteiger partial charge >= 0.3 is 0 Å². The van der Waals surface area contributed by atoms with Gasteiger partial charge in [0.25, 0.3) is 5.91 Å². The summed E-state index contributed by atoms with van der Waals surface area (Å²) in [5, 5.41) is 9.62. The summed E-state index contributed by atoms with van der Waals surface area (Å²) in [5.41, 5.74) is 6.76. The molecule has 1 amide bonds. The van der Waals surface area contributed by atoms with Crippen molar-refractivity contribution in [3.8, 4) is 5.75 Å². The summed E-state index contributed by atoms with van der Waals surface area (Å²) in [4.78, 5) is 28.1. The standard InChI is InChI=1S/C19H21N3O3/c20-19(25)16-12-14(6-7-17(16)23)18(24)13-21-8-10-22(11-9-21)15-4-2-1-3-5-15/h1-7,12,23H,8-11,13H2,(H2,20,25). The van der Waals surface area contributed by atoms with Gasteiger partial charge in [-0.05, 0) is 30.3 Å². The fourth-order valence-corrected chi connectivity index (χ4v) is 3.00. The van der Waals surface area contributed by atoms with Crippen molar-refractivity contribution in [1.82, 2.24) is 4.90 Å². The van der Waals surface area contributed by atoms with Crippen LogP contribution in [0.2, 0.25) is 0 Å². The van der Waals surface area contributed by atoms with E-state index in [-0.39, 0.29) is 23.6 Å². The molecule has 1 aliphatic rings. The van der Waals surface area contributed by atoms with Gasteiger partial charge in [-0.1, -0.05) is 18.2 Å². The number of aromatic hydroxyl groups is 1. The molecule has 1 fully saturated rings. The van der Waals surface area contributed by atoms with Crippen LogP contribution in [0, 0.1) is 0 Å². The van der Waals surface area contributed by atoms with Crippen molar-refractivity contribution in [3.63, 3.8) is 0 Å². The summed E-state index contributed by atoms with van der Waals surface area (Å²) in [5.74, 6) is -1.04. The Labute approximate surface area is 146 Å². The van der Waals surface area contributed by atoms with Crippen molar-refractivity contribution in [2.45, 2.75) is 0 Å². The highest BCUT2D eigenvalue weighted by Crippen LogP contribution is 2.19. The molecule has 0 radical (unpaired) electrons. The van der Waals surface area contributed by atoms with Gasteiger partial charge in [0.15, 0.2) is 5.78 Å². The minimum absolute atomic E-state index is 0.0280. The van der Waals surface area contributed by atoms with E-state index in [1.807, 2.05) is 18.2 Å². The third-order valence-electron chi connectivity index (χ3n) is 4.44. The zero-order valence-electron chi connectivity index (χ0n) is 13.9. The van der Waals surface area contributed by atoms with Crippen molar-refractivity contribution in [2.24, 2.45) is 5.73 Å². The zero-order valence-corrected chi connectivity index (χ0v) is 13.9. The van der Waals surface area contributed by atoms with Gasteiger partial charge in [0.2, 0.25) is 0 Å². The summed E-state index contributed by atoms with van der Waals surface area (Å²) in [6, 6.07) is 14.4. The molecular formula is C19H21N3O3. The molecule has 0 aliphatic carbocycles. The van der Waals surface area contributed by atoms with Crippen molar-refractivity contribution >= 4 is 17.4 Å². The van der Waals surface area contributed by atoms with Gasteiger partial charge in [0.05, 0.1) is 12.1 Å². The van der Waals surface area contributed by atoms with Crippen molar-refractivity contribution in [1.29, 1.82) is 0 Å². The lowest BCUT2D eigenvalue weighted by atomic mass is 10.1. The lowest BCUT2D eigenvalue weighted by molar-refractivity contribution is 0.0926. The summed E-state index contributed by atoms with van der Waals surface area (Å²) in [6.45, 7) is 3.59. The summed E-state index contributed by atoms with van der Waals surface area (Å²) in [7, 11) is 0. The van der Waals surface area contributed by atoms with E-state index in [4.69, 9.17) is 5.73 Å². The van der Waals surface area contributed by atoms with E-state index in [9.17, 15) is 14.7 Å². The number of piperazine rings is 1. The number of para-hydroxylation sites is 1. The highest BCUT2D eigenvalue weighted by Gasteiger charge is 2.20. The molecule has 3 rings (SSSR count). The molecule has 6 nitrogen and oxygen atoms in total. The number of benzene rings is 2. The van der Waals surface area contributed by atoms with Gasteiger partial charge in [-0.3, -0.25) is 14.5 Å². The fourth-order valence-electron chi connectivity index (χ4n) is 3.00. The number of Topliss-reactive ketones (excluding diaryl/α,β-unsaturated/α-hetero) is 1. The van der Waals surface area contributed by atoms with E-state index in [1.165, 1.54) is 23.9 Å². The summed E-state index contributed by atoms with van der Waals surface area (Å²) >= 11 is 0. The average Bonchev–Trinajstić information content (AvgIpc) is 2.63. The van der Waals surface area contributed by atoms with Crippen molar-refractivity contribution < 1.29 is 14.7 Å². The van der Waals surface area contributed by atoms with Crippen LogP contribution in [0.1, 0.15) is 20.7 Å². The van der Waals surface area contributed by atoms with E-state index in [0.717, 1.165) is 26.2 Å². The number of carbonyl (C=O) groups is 2. The topological polar surface area (TPSA) is 86.9 Å². The molecule has 0 saturated carbocycles. The molecule has 1 saturated heterocycles. The molecule has 2 aromatic rings. The maximum atomic E-state index is 12.5. The number of primary amides is 1. The third kappa shape index (κ3) is 3.97. The first-order valence-corrected chi connectivity index (χ1v) is 8.23. The number of phenols is 1. The molecule has 6 heteroatoms. The third-order valence-corrected chi connectivity index (χ3v) is 4.44. The molecule has 25 heavy (non-hydrogen) atoms. The van der Waals surface area contributed by atoms with Gasteiger partial charge in [-0.25, -0.2) is 0 Å². The predicted molar refractivity (Wildman–Crippen MR) is 96.1 cm³/mol. The highest BCUT2D eigenvalue weighted by atomic mass is 16.3. The van der Waals surface area contributed by atoms with Crippen LogP contribution in [0.3, 0.4) is 0 Å². The first-order valence-electron chi connectivity index (χ1n) is 8.23. The number of nitrogens with zero attached hydrogens (tertiary/aromatic N) is 2. The normalized spacial score (nSPS) is 15.1. The number of amides is 1. The second kappa shape index (κ2) is 7.36. The van der Waals surface area contributed by atoms with E-state index in [0.29, 0.717) is 5.56 Å². The molecule has 3 N–H and O–H groups in total. The van der Waals surface area contributed by atoms with Gasteiger partial charge in [-0.15, -0.1) is 0 Å². The van der Waals surface area contributed by atoms with Crippen LogP contribution in [-0.4, -0.2) is 54.4 Å². The molecule has 2 aromatic carbocycles. The Balaban J connectivity index is 1.60. The van der Waals surface area contributed by atoms with Gasteiger partial charge in [-0.2, -0.15) is 0 Å². The van der Waals surface area contributed by atoms with Crippen LogP contribution in [0.25, 0.3) is 0 Å². The number of rotatable bonds is 5. The first-order chi connectivity index (χ1) is 12.0. The molecule has 1 heterocycles. The summed E-state index contributed by atoms with van der Waals surface area (Å²) < 4.78 is 0. The number of carbonyl (C=O) groups excluding carboxylic acids is 2. The predicted octanol–water partition coefficient (Wildman–Crippen LogP) is 1.50. The van der Waals surface area contributed by atoms with Crippen LogP contribution < -0.4 is 10.6 Å². The van der Waals surface area contributed by atoms with Crippen LogP contribution in [0.4, 0.5) is 5.69 Å². The van der Waals surface area contributed by atoms with Crippen LogP contribution >= 0.6 is 0 Å². The second-order valence-electron chi connectivity index (χ2n) is 6.12. The largest absolute Gasteiger partial charge is 0.507 e. The SMILES string of the molecule is NC(=O)c1cc(C(=O)CN2CCN(c3ccccc3)CC2)ccc1O. The fraction of sp³-hybridized carbons (Fsp3) is 0.263. The van der Waals surface area contributed by atoms with Crippen LogP contribution in [0.5, 0.6) is 5.75 Å². The molecule has 1 aliphatic heterocycles. The molecule has 130 valence electrons. The number of ketones is 1. The zero-order chi connectivity index (χ0) is 17.8. The van der Waals surface area contributed by atoms with E-state index >= 15 is 0 Å². The lowest BCUT2D eigenvalue weighted by Crippen LogP contribution is -2.48. The summed E-state index contributed by atoms with van der Waals surface area (Å²) in [6.07, 6.45) is 0. The highest BCUT2D eigenvalue weighted by molar-refractivity contribution is 6.02. The molecule has 0 unspecified atom stereocenters. The maximum Gasteiger partial charge on any atom is 0.252 e. The molecular weight excluding hydrogens is 318 g/mol. The Morgan fingerprint density at radius 3 is 2.32 bits per heavy atom. The van der Waals surface area contributed by atoms with E-state index in [1.54, 1.807) is 0 Å². The Morgan fingerprint density at radius 2 is 1.68 bits per heavy atom. The monoisotopic (exact) mass is 339 g/mol. The average molecular weight is 339 g/mol. The molecule has 0 atom stereocenters. The number of anilines is 1. The lowest BCUT2D eigenvalue weighted by Gasteiger charge is -2.35. The maximum absolute atomic E-state index is 12.5. The minimum atomic E-state index is -0.747.